The molecule has 0 N–H and O–H groups in total. The molecule has 0 spiro atoms. The highest BCUT2D eigenvalue weighted by Gasteiger charge is 2.27. The number of hydrogen-bond acceptors (Lipinski definition) is 2. The van der Waals surface area contributed by atoms with Gasteiger partial charge in [-0.3, -0.25) is 9.00 Å². The van der Waals surface area contributed by atoms with Gasteiger partial charge < -0.3 is 0 Å². The molecule has 3 heteroatoms. The lowest BCUT2D eigenvalue weighted by Crippen LogP contribution is -2.29. The molecule has 1 aliphatic rings. The van der Waals surface area contributed by atoms with Gasteiger partial charge in [0.2, 0.25) is 0 Å². The molecule has 1 unspecified atom stereocenters. The minimum atomic E-state index is -1.01. The summed E-state index contributed by atoms with van der Waals surface area (Å²) in [6, 6.07) is 0. The van der Waals surface area contributed by atoms with Crippen LogP contribution in [0.25, 0.3) is 0 Å². The minimum Gasteiger partial charge on any atom is -0.298 e. The predicted molar refractivity (Wildman–Crippen MR) is 59.7 cm³/mol. The second-order valence-corrected chi connectivity index (χ2v) is 7.25. The molecule has 0 aliphatic heterocycles. The van der Waals surface area contributed by atoms with Crippen molar-refractivity contribution < 1.29 is 9.00 Å². The van der Waals surface area contributed by atoms with E-state index in [-0.39, 0.29) is 22.2 Å². The molecule has 0 radical (unpaired) electrons. The van der Waals surface area contributed by atoms with Crippen molar-refractivity contribution in [1.82, 2.24) is 0 Å². The number of rotatable bonds is 3. The van der Waals surface area contributed by atoms with Crippen molar-refractivity contribution in [3.8, 4) is 0 Å². The third-order valence-corrected chi connectivity index (χ3v) is 4.68. The summed E-state index contributed by atoms with van der Waals surface area (Å²) in [5.74, 6) is 0.686. The van der Waals surface area contributed by atoms with E-state index in [1.54, 1.807) is 0 Å². The topological polar surface area (TPSA) is 34.1 Å². The van der Waals surface area contributed by atoms with Crippen molar-refractivity contribution in [3.63, 3.8) is 0 Å². The monoisotopic (exact) mass is 216 g/mol. The molecule has 1 rings (SSSR count). The molecule has 0 aromatic carbocycles. The maximum absolute atomic E-state index is 11.7. The third-order valence-electron chi connectivity index (χ3n) is 2.77. The van der Waals surface area contributed by atoms with Crippen molar-refractivity contribution in [2.24, 2.45) is 5.92 Å². The van der Waals surface area contributed by atoms with Gasteiger partial charge in [-0.25, -0.2) is 0 Å². The van der Waals surface area contributed by atoms with E-state index >= 15 is 0 Å². The second kappa shape index (κ2) is 4.56. The highest BCUT2D eigenvalue weighted by Crippen LogP contribution is 2.26. The molecule has 0 amide bonds. The molecule has 0 saturated heterocycles. The van der Waals surface area contributed by atoms with Gasteiger partial charge in [-0.1, -0.05) is 12.8 Å². The Bertz CT molecular complexity index is 234. The Kier molecular flexibility index (Phi) is 3.87. The summed E-state index contributed by atoms with van der Waals surface area (Å²) < 4.78 is 11.5. The van der Waals surface area contributed by atoms with Crippen LogP contribution < -0.4 is 0 Å². The summed E-state index contributed by atoms with van der Waals surface area (Å²) >= 11 is 0. The smallest absolute Gasteiger partial charge is 0.148 e. The van der Waals surface area contributed by atoms with E-state index in [0.717, 1.165) is 12.8 Å². The molecule has 1 saturated carbocycles. The van der Waals surface area contributed by atoms with Gasteiger partial charge in [0.15, 0.2) is 0 Å². The van der Waals surface area contributed by atoms with Crippen molar-refractivity contribution >= 4 is 16.6 Å². The van der Waals surface area contributed by atoms with E-state index in [1.165, 1.54) is 12.8 Å². The highest BCUT2D eigenvalue weighted by atomic mass is 32.2. The Morgan fingerprint density at radius 1 is 1.29 bits per heavy atom. The van der Waals surface area contributed by atoms with Crippen molar-refractivity contribution in [2.75, 3.05) is 5.75 Å². The number of ketones is 1. The van der Waals surface area contributed by atoms with Crippen LogP contribution in [0.5, 0.6) is 0 Å². The average Bonchev–Trinajstić information content (AvgIpc) is 2.53. The molecule has 14 heavy (non-hydrogen) atoms. The van der Waals surface area contributed by atoms with Gasteiger partial charge >= 0.3 is 0 Å². The fourth-order valence-corrected chi connectivity index (χ4v) is 2.64. The van der Waals surface area contributed by atoms with Crippen molar-refractivity contribution in [3.05, 3.63) is 0 Å². The maximum atomic E-state index is 11.7. The fourth-order valence-electron chi connectivity index (χ4n) is 1.71. The van der Waals surface area contributed by atoms with Gasteiger partial charge in [-0.2, -0.15) is 0 Å². The normalized spacial score (nSPS) is 21.1. The maximum Gasteiger partial charge on any atom is 0.148 e. The van der Waals surface area contributed by atoms with Crippen LogP contribution in [-0.4, -0.2) is 20.5 Å². The van der Waals surface area contributed by atoms with Crippen molar-refractivity contribution in [2.45, 2.75) is 51.2 Å². The molecule has 1 fully saturated rings. The molecule has 1 atom stereocenters. The second-order valence-electron chi connectivity index (χ2n) is 5.05. The van der Waals surface area contributed by atoms with Crippen LogP contribution >= 0.6 is 0 Å². The summed E-state index contributed by atoms with van der Waals surface area (Å²) in [6.45, 7) is 5.76. The summed E-state index contributed by atoms with van der Waals surface area (Å²) in [5.41, 5.74) is 0. The first-order valence-corrected chi connectivity index (χ1v) is 6.64. The first kappa shape index (κ1) is 11.9. The van der Waals surface area contributed by atoms with E-state index < -0.39 is 10.8 Å². The Balaban J connectivity index is 2.44. The summed E-state index contributed by atoms with van der Waals surface area (Å²) in [6.07, 6.45) is 4.36. The van der Waals surface area contributed by atoms with E-state index in [4.69, 9.17) is 0 Å². The first-order chi connectivity index (χ1) is 6.41. The molecular formula is C11H20O2S. The lowest BCUT2D eigenvalue weighted by Gasteiger charge is -2.18. The molecular weight excluding hydrogens is 196 g/mol. The zero-order valence-electron chi connectivity index (χ0n) is 9.34. The number of hydrogen-bond donors (Lipinski definition) is 0. The van der Waals surface area contributed by atoms with Gasteiger partial charge in [-0.05, 0) is 33.6 Å². The van der Waals surface area contributed by atoms with E-state index in [1.807, 2.05) is 20.8 Å². The standard InChI is InChI=1S/C11H20O2S/c1-11(2,3)14(13)8-10(12)9-6-4-5-7-9/h9H,4-8H2,1-3H3. The largest absolute Gasteiger partial charge is 0.298 e. The average molecular weight is 216 g/mol. The molecule has 0 aromatic heterocycles. The Hall–Kier alpha value is -0.180. The van der Waals surface area contributed by atoms with Crippen LogP contribution in [0.15, 0.2) is 0 Å². The van der Waals surface area contributed by atoms with E-state index in [9.17, 15) is 9.00 Å². The Labute approximate surface area is 88.9 Å². The number of carbonyl (C=O) groups excluding carboxylic acids is 1. The lowest BCUT2D eigenvalue weighted by atomic mass is 10.0. The summed E-state index contributed by atoms with van der Waals surface area (Å²) in [7, 11) is -1.01. The van der Waals surface area contributed by atoms with Crippen LogP contribution in [0, 0.1) is 5.92 Å². The highest BCUT2D eigenvalue weighted by molar-refractivity contribution is 7.87. The van der Waals surface area contributed by atoms with Gasteiger partial charge in [0.1, 0.15) is 5.78 Å². The molecule has 0 bridgehead atoms. The minimum absolute atomic E-state index is 0.210. The van der Waals surface area contributed by atoms with Crippen LogP contribution in [0.2, 0.25) is 0 Å². The molecule has 0 aromatic rings. The SMILES string of the molecule is CC(C)(C)S(=O)CC(=O)C1CCCC1. The summed E-state index contributed by atoms with van der Waals surface area (Å²) in [5, 5.41) is 0. The Morgan fingerprint density at radius 2 is 1.79 bits per heavy atom. The van der Waals surface area contributed by atoms with Crippen LogP contribution in [0.3, 0.4) is 0 Å². The molecule has 1 aliphatic carbocycles. The molecule has 82 valence electrons. The molecule has 2 nitrogen and oxygen atoms in total. The van der Waals surface area contributed by atoms with Gasteiger partial charge in [0, 0.05) is 21.5 Å². The van der Waals surface area contributed by atoms with Crippen molar-refractivity contribution in [1.29, 1.82) is 0 Å². The quantitative estimate of drug-likeness (QED) is 0.725. The van der Waals surface area contributed by atoms with Crippen LogP contribution in [0.1, 0.15) is 46.5 Å². The third kappa shape index (κ3) is 3.19. The lowest BCUT2D eigenvalue weighted by molar-refractivity contribution is -0.120. The van der Waals surface area contributed by atoms with Gasteiger partial charge in [0.05, 0.1) is 5.75 Å². The van der Waals surface area contributed by atoms with Gasteiger partial charge in [-0.15, -0.1) is 0 Å². The fraction of sp³-hybridized carbons (Fsp3) is 0.909. The van der Waals surface area contributed by atoms with Crippen LogP contribution in [0.4, 0.5) is 0 Å². The number of Topliss-reactive ketones (excluding diaryl/α,β-unsaturated/α-hetero) is 1. The molecule has 0 heterocycles. The zero-order valence-corrected chi connectivity index (χ0v) is 10.2. The number of carbonyl (C=O) groups is 1. The Morgan fingerprint density at radius 3 is 2.21 bits per heavy atom. The summed E-state index contributed by atoms with van der Waals surface area (Å²) in [4.78, 5) is 11.7. The zero-order chi connectivity index (χ0) is 10.8. The van der Waals surface area contributed by atoms with E-state index in [2.05, 4.69) is 0 Å². The predicted octanol–water partition coefficient (Wildman–Crippen LogP) is 2.29. The van der Waals surface area contributed by atoms with Crippen LogP contribution in [-0.2, 0) is 15.6 Å². The van der Waals surface area contributed by atoms with E-state index in [0.29, 0.717) is 0 Å². The van der Waals surface area contributed by atoms with Gasteiger partial charge in [0.25, 0.3) is 0 Å². The first-order valence-electron chi connectivity index (χ1n) is 5.32.